The van der Waals surface area contributed by atoms with Gasteiger partial charge in [0.1, 0.15) is 12.4 Å². The molecule has 1 heterocycles. The van der Waals surface area contributed by atoms with Crippen LogP contribution >= 0.6 is 0 Å². The maximum atomic E-state index is 13.6. The van der Waals surface area contributed by atoms with Gasteiger partial charge in [0.05, 0.1) is 11.7 Å². The fourth-order valence-electron chi connectivity index (χ4n) is 2.63. The van der Waals surface area contributed by atoms with Crippen LogP contribution in [0, 0.1) is 17.6 Å². The summed E-state index contributed by atoms with van der Waals surface area (Å²) in [7, 11) is -4.16. The lowest BCUT2D eigenvalue weighted by Gasteiger charge is -2.24. The molecule has 0 spiro atoms. The summed E-state index contributed by atoms with van der Waals surface area (Å²) in [4.78, 5) is 12.2. The highest BCUT2D eigenvalue weighted by molar-refractivity contribution is 7.89. The lowest BCUT2D eigenvalue weighted by molar-refractivity contribution is -0.124. The van der Waals surface area contributed by atoms with E-state index in [4.69, 9.17) is 4.74 Å². The third-order valence-electron chi connectivity index (χ3n) is 3.88. The highest BCUT2D eigenvalue weighted by atomic mass is 32.2. The molecule has 1 unspecified atom stereocenters. The number of carbonyl (C=O) groups excluding carboxylic acids is 1. The minimum Gasteiger partial charge on any atom is -0.492 e. The SMILES string of the molecule is O=C(NS(=O)(=O)Cc1cccc(F)c1F)C1COc2ccccc2C1. The monoisotopic (exact) mass is 367 g/mol. The van der Waals surface area contributed by atoms with Crippen LogP contribution in [-0.4, -0.2) is 20.9 Å². The average molecular weight is 367 g/mol. The summed E-state index contributed by atoms with van der Waals surface area (Å²) in [5.74, 6) is -3.96. The molecule has 1 amide bonds. The number of carbonyl (C=O) groups is 1. The van der Waals surface area contributed by atoms with Crippen molar-refractivity contribution < 1.29 is 26.7 Å². The Bertz CT molecular complexity index is 915. The van der Waals surface area contributed by atoms with Gasteiger partial charge in [0.25, 0.3) is 0 Å². The Morgan fingerprint density at radius 3 is 2.72 bits per heavy atom. The van der Waals surface area contributed by atoms with Crippen molar-refractivity contribution in [2.45, 2.75) is 12.2 Å². The van der Waals surface area contributed by atoms with Crippen molar-refractivity contribution in [3.05, 3.63) is 65.2 Å². The van der Waals surface area contributed by atoms with Gasteiger partial charge in [-0.25, -0.2) is 17.2 Å². The molecule has 1 atom stereocenters. The lowest BCUT2D eigenvalue weighted by Crippen LogP contribution is -2.41. The van der Waals surface area contributed by atoms with Crippen LogP contribution in [0.25, 0.3) is 0 Å². The molecule has 0 radical (unpaired) electrons. The Balaban J connectivity index is 1.69. The maximum absolute atomic E-state index is 13.6. The number of sulfonamides is 1. The van der Waals surface area contributed by atoms with E-state index < -0.39 is 39.2 Å². The molecule has 0 fully saturated rings. The Morgan fingerprint density at radius 1 is 1.16 bits per heavy atom. The second kappa shape index (κ2) is 6.79. The van der Waals surface area contributed by atoms with E-state index in [1.807, 2.05) is 4.72 Å². The second-order valence-corrected chi connectivity index (χ2v) is 7.48. The molecule has 1 aliphatic heterocycles. The summed E-state index contributed by atoms with van der Waals surface area (Å²) in [6.07, 6.45) is 0.339. The smallest absolute Gasteiger partial charge is 0.240 e. The topological polar surface area (TPSA) is 72.5 Å². The molecule has 0 bridgehead atoms. The molecule has 1 N–H and O–H groups in total. The number of rotatable bonds is 4. The molecule has 0 aromatic heterocycles. The van der Waals surface area contributed by atoms with Crippen molar-refractivity contribution >= 4 is 15.9 Å². The van der Waals surface area contributed by atoms with Gasteiger partial charge in [-0.05, 0) is 24.1 Å². The number of halogens is 2. The number of para-hydroxylation sites is 1. The van der Waals surface area contributed by atoms with E-state index in [0.717, 1.165) is 17.7 Å². The Hall–Kier alpha value is -2.48. The fourth-order valence-corrected chi connectivity index (χ4v) is 3.81. The van der Waals surface area contributed by atoms with Gasteiger partial charge in [-0.2, -0.15) is 0 Å². The largest absolute Gasteiger partial charge is 0.492 e. The number of fused-ring (bicyclic) bond motifs is 1. The van der Waals surface area contributed by atoms with Crippen molar-refractivity contribution in [3.8, 4) is 5.75 Å². The van der Waals surface area contributed by atoms with E-state index >= 15 is 0 Å². The first-order chi connectivity index (χ1) is 11.9. The predicted octanol–water partition coefficient (Wildman–Crippen LogP) is 2.16. The number of benzene rings is 2. The first-order valence-electron chi connectivity index (χ1n) is 7.53. The highest BCUT2D eigenvalue weighted by Crippen LogP contribution is 2.27. The molecule has 0 saturated carbocycles. The number of amides is 1. The molecule has 8 heteroatoms. The van der Waals surface area contributed by atoms with Crippen LogP contribution in [0.3, 0.4) is 0 Å². The second-order valence-electron chi connectivity index (χ2n) is 5.76. The van der Waals surface area contributed by atoms with Gasteiger partial charge in [-0.15, -0.1) is 0 Å². The minimum atomic E-state index is -4.16. The van der Waals surface area contributed by atoms with Gasteiger partial charge < -0.3 is 4.74 Å². The molecular weight excluding hydrogens is 352 g/mol. The minimum absolute atomic E-state index is 0.0483. The molecule has 5 nitrogen and oxygen atoms in total. The first kappa shape index (κ1) is 17.3. The van der Waals surface area contributed by atoms with Crippen molar-refractivity contribution in [1.82, 2.24) is 4.72 Å². The molecule has 132 valence electrons. The molecular formula is C17H15F2NO4S. The van der Waals surface area contributed by atoms with Crippen LogP contribution in [0.1, 0.15) is 11.1 Å². The standard InChI is InChI=1S/C17H15F2NO4S/c18-14-6-3-5-12(16(14)19)10-25(22,23)20-17(21)13-8-11-4-1-2-7-15(11)24-9-13/h1-7,13H,8-10H2,(H,20,21). The third-order valence-corrected chi connectivity index (χ3v) is 5.09. The van der Waals surface area contributed by atoms with E-state index in [-0.39, 0.29) is 12.2 Å². The van der Waals surface area contributed by atoms with Crippen LogP contribution in [0.15, 0.2) is 42.5 Å². The lowest BCUT2D eigenvalue weighted by atomic mass is 9.96. The van der Waals surface area contributed by atoms with Gasteiger partial charge in [0, 0.05) is 5.56 Å². The zero-order valence-electron chi connectivity index (χ0n) is 13.0. The quantitative estimate of drug-likeness (QED) is 0.899. The normalized spacial score (nSPS) is 16.6. The van der Waals surface area contributed by atoms with E-state index in [0.29, 0.717) is 12.2 Å². The maximum Gasteiger partial charge on any atom is 0.240 e. The number of ether oxygens (including phenoxy) is 1. The molecule has 1 aliphatic rings. The van der Waals surface area contributed by atoms with E-state index in [9.17, 15) is 22.0 Å². The van der Waals surface area contributed by atoms with Gasteiger partial charge in [0.2, 0.25) is 15.9 Å². The Labute approximate surface area is 143 Å². The number of hydrogen-bond donors (Lipinski definition) is 1. The number of nitrogens with one attached hydrogen (secondary N) is 1. The molecule has 2 aromatic carbocycles. The van der Waals surface area contributed by atoms with E-state index in [1.54, 1.807) is 24.3 Å². The van der Waals surface area contributed by atoms with Crippen LogP contribution in [0.2, 0.25) is 0 Å². The van der Waals surface area contributed by atoms with Gasteiger partial charge in [-0.1, -0.05) is 30.3 Å². The van der Waals surface area contributed by atoms with Crippen LogP contribution in [0.4, 0.5) is 8.78 Å². The van der Waals surface area contributed by atoms with Gasteiger partial charge in [0.15, 0.2) is 11.6 Å². The number of hydrogen-bond acceptors (Lipinski definition) is 4. The van der Waals surface area contributed by atoms with Gasteiger partial charge >= 0.3 is 0 Å². The summed E-state index contributed by atoms with van der Waals surface area (Å²) in [6, 6.07) is 10.4. The summed E-state index contributed by atoms with van der Waals surface area (Å²) < 4.78 is 58.4. The van der Waals surface area contributed by atoms with Crippen molar-refractivity contribution in [2.75, 3.05) is 6.61 Å². The van der Waals surface area contributed by atoms with E-state index in [1.165, 1.54) is 6.07 Å². The Morgan fingerprint density at radius 2 is 1.92 bits per heavy atom. The summed E-state index contributed by atoms with van der Waals surface area (Å²) >= 11 is 0. The molecule has 2 aromatic rings. The van der Waals surface area contributed by atoms with Gasteiger partial charge in [-0.3, -0.25) is 9.52 Å². The van der Waals surface area contributed by atoms with Crippen molar-refractivity contribution in [2.24, 2.45) is 5.92 Å². The highest BCUT2D eigenvalue weighted by Gasteiger charge is 2.29. The predicted molar refractivity (Wildman–Crippen MR) is 86.3 cm³/mol. The van der Waals surface area contributed by atoms with Crippen molar-refractivity contribution in [3.63, 3.8) is 0 Å². The fraction of sp³-hybridized carbons (Fsp3) is 0.235. The molecule has 3 rings (SSSR count). The van der Waals surface area contributed by atoms with Crippen LogP contribution < -0.4 is 9.46 Å². The molecule has 25 heavy (non-hydrogen) atoms. The van der Waals surface area contributed by atoms with E-state index in [2.05, 4.69) is 0 Å². The summed E-state index contributed by atoms with van der Waals surface area (Å²) in [6.45, 7) is 0.0483. The Kier molecular flexibility index (Phi) is 4.71. The zero-order valence-corrected chi connectivity index (χ0v) is 13.9. The van der Waals surface area contributed by atoms with Crippen LogP contribution in [-0.2, 0) is 27.0 Å². The average Bonchev–Trinajstić information content (AvgIpc) is 2.58. The first-order valence-corrected chi connectivity index (χ1v) is 9.19. The summed E-state index contributed by atoms with van der Waals surface area (Å²) in [5, 5.41) is 0. The zero-order chi connectivity index (χ0) is 18.0. The third kappa shape index (κ3) is 3.96. The van der Waals surface area contributed by atoms with Crippen LogP contribution in [0.5, 0.6) is 5.75 Å². The molecule has 0 aliphatic carbocycles. The molecule has 0 saturated heterocycles. The summed E-state index contributed by atoms with van der Waals surface area (Å²) in [5.41, 5.74) is 0.466. The van der Waals surface area contributed by atoms with Crippen molar-refractivity contribution in [1.29, 1.82) is 0 Å².